The first kappa shape index (κ1) is 28.8. The number of benzene rings is 2. The number of ketones is 1. The molecule has 2 aromatic carbocycles. The largest absolute Gasteiger partial charge is 0.598 e. The van der Waals surface area contributed by atoms with Gasteiger partial charge in [0.05, 0.1) is 11.8 Å². The van der Waals surface area contributed by atoms with Gasteiger partial charge in [-0.3, -0.25) is 9.59 Å². The number of carbonyl (C=O) groups excluding carboxylic acids is 1. The molecule has 0 aliphatic rings. The fourth-order valence-corrected chi connectivity index (χ4v) is 5.96. The van der Waals surface area contributed by atoms with Gasteiger partial charge in [-0.05, 0) is 60.4 Å². The zero-order valence-electron chi connectivity index (χ0n) is 21.3. The summed E-state index contributed by atoms with van der Waals surface area (Å²) in [7, 11) is -1.79. The van der Waals surface area contributed by atoms with Crippen molar-refractivity contribution in [2.24, 2.45) is 7.05 Å². The van der Waals surface area contributed by atoms with Crippen LogP contribution in [-0.2, 0) is 34.0 Å². The zero-order valence-corrected chi connectivity index (χ0v) is 22.9. The van der Waals surface area contributed by atoms with E-state index in [1.165, 1.54) is 34.9 Å². The van der Waals surface area contributed by atoms with Crippen LogP contribution in [-0.4, -0.2) is 35.3 Å². The SMILES string of the molecule is CCCC[S@+]([O-])N[C@@H](C)c1cc(=O)n(C)cc1-c1cc(CS(C)(=O)=O)ccc1C(=O)c1ccc(F)cc1. The summed E-state index contributed by atoms with van der Waals surface area (Å²) in [6, 6.07) is 10.8. The molecule has 0 saturated heterocycles. The highest BCUT2D eigenvalue weighted by Crippen LogP contribution is 2.33. The van der Waals surface area contributed by atoms with Gasteiger partial charge in [-0.15, -0.1) is 4.72 Å². The van der Waals surface area contributed by atoms with Crippen molar-refractivity contribution in [1.29, 1.82) is 0 Å². The number of rotatable bonds is 11. The molecule has 0 fully saturated rings. The van der Waals surface area contributed by atoms with Crippen LogP contribution in [0.5, 0.6) is 0 Å². The van der Waals surface area contributed by atoms with Crippen molar-refractivity contribution in [1.82, 2.24) is 9.29 Å². The van der Waals surface area contributed by atoms with Gasteiger partial charge in [0.2, 0.25) is 0 Å². The highest BCUT2D eigenvalue weighted by Gasteiger charge is 2.23. The van der Waals surface area contributed by atoms with E-state index in [0.717, 1.165) is 19.1 Å². The van der Waals surface area contributed by atoms with Crippen LogP contribution < -0.4 is 10.3 Å². The molecule has 0 saturated carbocycles. The van der Waals surface area contributed by atoms with Crippen molar-refractivity contribution < 1.29 is 22.2 Å². The molecule has 0 radical (unpaired) electrons. The summed E-state index contributed by atoms with van der Waals surface area (Å²) >= 11 is -1.33. The van der Waals surface area contributed by atoms with Crippen LogP contribution in [0, 0.1) is 5.82 Å². The first-order valence-electron chi connectivity index (χ1n) is 11.9. The van der Waals surface area contributed by atoms with Crippen molar-refractivity contribution in [3.05, 3.63) is 93.2 Å². The molecule has 0 aliphatic heterocycles. The molecule has 1 heterocycles. The predicted molar refractivity (Wildman–Crippen MR) is 145 cm³/mol. The van der Waals surface area contributed by atoms with Gasteiger partial charge in [0.1, 0.15) is 11.6 Å². The minimum atomic E-state index is -3.37. The number of hydrogen-bond donors (Lipinski definition) is 1. The molecule has 0 bridgehead atoms. The first-order chi connectivity index (χ1) is 17.4. The maximum Gasteiger partial charge on any atom is 0.250 e. The summed E-state index contributed by atoms with van der Waals surface area (Å²) in [5.74, 6) is -0.635. The van der Waals surface area contributed by atoms with Crippen molar-refractivity contribution in [3.63, 3.8) is 0 Å². The van der Waals surface area contributed by atoms with Gasteiger partial charge in [0.15, 0.2) is 15.6 Å². The van der Waals surface area contributed by atoms with E-state index >= 15 is 0 Å². The lowest BCUT2D eigenvalue weighted by Crippen LogP contribution is -2.30. The number of halogens is 1. The number of aromatic nitrogens is 1. The van der Waals surface area contributed by atoms with Gasteiger partial charge in [-0.2, -0.15) is 0 Å². The van der Waals surface area contributed by atoms with Crippen molar-refractivity contribution in [3.8, 4) is 11.1 Å². The summed E-state index contributed by atoms with van der Waals surface area (Å²) in [6.45, 7) is 3.78. The minimum Gasteiger partial charge on any atom is -0.598 e. The predicted octanol–water partition coefficient (Wildman–Crippen LogP) is 4.08. The molecule has 3 rings (SSSR count). The molecular weight excluding hydrogens is 515 g/mol. The Morgan fingerprint density at radius 2 is 1.81 bits per heavy atom. The third kappa shape index (κ3) is 7.61. The van der Waals surface area contributed by atoms with E-state index in [1.54, 1.807) is 38.4 Å². The van der Waals surface area contributed by atoms with E-state index in [2.05, 4.69) is 4.72 Å². The number of nitrogens with zero attached hydrogens (tertiary/aromatic N) is 1. The Morgan fingerprint density at radius 3 is 2.43 bits per heavy atom. The number of aryl methyl sites for hydroxylation is 1. The molecule has 7 nitrogen and oxygen atoms in total. The van der Waals surface area contributed by atoms with Crippen LogP contribution in [0.1, 0.15) is 59.8 Å². The molecule has 0 amide bonds. The maximum absolute atomic E-state index is 13.5. The maximum atomic E-state index is 13.5. The quantitative estimate of drug-likeness (QED) is 0.287. The van der Waals surface area contributed by atoms with E-state index in [0.29, 0.717) is 28.0 Å². The molecule has 198 valence electrons. The average Bonchev–Trinajstić information content (AvgIpc) is 2.83. The second-order valence-corrected chi connectivity index (χ2v) is 12.6. The van der Waals surface area contributed by atoms with Crippen LogP contribution in [0.15, 0.2) is 59.5 Å². The molecule has 37 heavy (non-hydrogen) atoms. The second kappa shape index (κ2) is 12.2. The van der Waals surface area contributed by atoms with Crippen molar-refractivity contribution in [2.45, 2.75) is 38.5 Å². The standard InChI is InChI=1S/C27H31FN2O5S2/c1-5-6-13-36(33)29-18(2)23-15-26(31)30(3)16-25(23)24-14-19(17-37(4,34)35)7-12-22(24)27(32)20-8-10-21(28)11-9-20/h7-12,14-16,18,29H,5-6,13,17H2,1-4H3/t18-,36-/m0/s1. The summed E-state index contributed by atoms with van der Waals surface area (Å²) in [5, 5.41) is 0. The third-order valence-electron chi connectivity index (χ3n) is 5.87. The topological polar surface area (TPSA) is 108 Å². The summed E-state index contributed by atoms with van der Waals surface area (Å²) in [6.07, 6.45) is 4.38. The molecule has 2 atom stereocenters. The van der Waals surface area contributed by atoms with E-state index in [4.69, 9.17) is 0 Å². The fraction of sp³-hybridized carbons (Fsp3) is 0.333. The number of pyridine rings is 1. The number of sulfone groups is 1. The summed E-state index contributed by atoms with van der Waals surface area (Å²) < 4.78 is 54.4. The second-order valence-electron chi connectivity index (χ2n) is 9.12. The Labute approximate surface area is 220 Å². The highest BCUT2D eigenvalue weighted by molar-refractivity contribution is 7.90. The third-order valence-corrected chi connectivity index (χ3v) is 8.01. The van der Waals surface area contributed by atoms with Gasteiger partial charge in [-0.25, -0.2) is 12.8 Å². The van der Waals surface area contributed by atoms with Crippen LogP contribution in [0.3, 0.4) is 0 Å². The molecular formula is C27H31FN2O5S2. The Balaban J connectivity index is 2.20. The molecule has 0 spiro atoms. The highest BCUT2D eigenvalue weighted by atomic mass is 32.2. The molecule has 0 aliphatic carbocycles. The van der Waals surface area contributed by atoms with Crippen LogP contribution in [0.25, 0.3) is 11.1 Å². The normalized spacial score (nSPS) is 13.4. The zero-order chi connectivity index (χ0) is 27.3. The fourth-order valence-electron chi connectivity index (χ4n) is 3.98. The lowest BCUT2D eigenvalue weighted by molar-refractivity contribution is 0.103. The monoisotopic (exact) mass is 546 g/mol. The molecule has 1 aromatic heterocycles. The smallest absolute Gasteiger partial charge is 0.250 e. The number of nitrogens with one attached hydrogen (secondary N) is 1. The Bertz CT molecular complexity index is 1440. The molecule has 10 heteroatoms. The molecule has 0 unspecified atom stereocenters. The van der Waals surface area contributed by atoms with E-state index < -0.39 is 33.1 Å². The van der Waals surface area contributed by atoms with Crippen LogP contribution in [0.2, 0.25) is 0 Å². The van der Waals surface area contributed by atoms with Gasteiger partial charge in [0, 0.05) is 53.6 Å². The van der Waals surface area contributed by atoms with E-state index in [1.807, 2.05) is 6.92 Å². The number of carbonyl (C=O) groups is 1. The first-order valence-corrected chi connectivity index (χ1v) is 15.2. The number of unbranched alkanes of at least 4 members (excludes halogenated alkanes) is 1. The molecule has 1 N–H and O–H groups in total. The minimum absolute atomic E-state index is 0.235. The van der Waals surface area contributed by atoms with Crippen LogP contribution in [0.4, 0.5) is 4.39 Å². The average molecular weight is 547 g/mol. The number of hydrogen-bond acceptors (Lipinski definition) is 6. The lowest BCUT2D eigenvalue weighted by Gasteiger charge is -2.21. The van der Waals surface area contributed by atoms with Gasteiger partial charge < -0.3 is 9.12 Å². The summed E-state index contributed by atoms with van der Waals surface area (Å²) in [4.78, 5) is 26.1. The van der Waals surface area contributed by atoms with Crippen molar-refractivity contribution in [2.75, 3.05) is 12.0 Å². The summed E-state index contributed by atoms with van der Waals surface area (Å²) in [5.41, 5.74) is 2.19. The lowest BCUT2D eigenvalue weighted by atomic mass is 9.89. The Kier molecular flexibility index (Phi) is 9.46. The Morgan fingerprint density at radius 1 is 1.14 bits per heavy atom. The van der Waals surface area contributed by atoms with Gasteiger partial charge >= 0.3 is 0 Å². The Hall–Kier alpha value is -2.79. The van der Waals surface area contributed by atoms with E-state index in [9.17, 15) is 27.0 Å². The van der Waals surface area contributed by atoms with Crippen LogP contribution >= 0.6 is 0 Å². The molecule has 3 aromatic rings. The van der Waals surface area contributed by atoms with Crippen molar-refractivity contribution >= 4 is 27.0 Å². The van der Waals surface area contributed by atoms with Gasteiger partial charge in [0.25, 0.3) is 5.56 Å². The van der Waals surface area contributed by atoms with Gasteiger partial charge in [-0.1, -0.05) is 25.5 Å². The van der Waals surface area contributed by atoms with E-state index in [-0.39, 0.29) is 28.2 Å².